The van der Waals surface area contributed by atoms with Gasteiger partial charge in [0.1, 0.15) is 0 Å². The number of halogens is 1. The van der Waals surface area contributed by atoms with E-state index in [4.69, 9.17) is 4.74 Å². The molecule has 5 heteroatoms. The molecule has 0 N–H and O–H groups in total. The van der Waals surface area contributed by atoms with Crippen molar-refractivity contribution in [2.45, 2.75) is 19.3 Å². The Balaban J connectivity index is 0.00000196. The molecule has 2 aromatic carbocycles. The van der Waals surface area contributed by atoms with Crippen molar-refractivity contribution < 1.29 is 9.53 Å². The molecule has 1 saturated heterocycles. The molecule has 2 heterocycles. The number of morpholine rings is 1. The molecule has 0 bridgehead atoms. The first-order chi connectivity index (χ1) is 12.3. The number of para-hydroxylation sites is 2. The Kier molecular flexibility index (Phi) is 6.30. The quantitative estimate of drug-likeness (QED) is 0.624. The molecule has 1 aromatic heterocycles. The van der Waals surface area contributed by atoms with Crippen molar-refractivity contribution in [2.24, 2.45) is 0 Å². The van der Waals surface area contributed by atoms with Crippen LogP contribution in [0.25, 0.3) is 21.8 Å². The van der Waals surface area contributed by atoms with E-state index in [0.717, 1.165) is 67.5 Å². The summed E-state index contributed by atoms with van der Waals surface area (Å²) in [7, 11) is 0. The second-order valence-corrected chi connectivity index (χ2v) is 6.67. The molecule has 0 atom stereocenters. The highest BCUT2D eigenvalue weighted by atomic mass is 35.5. The summed E-state index contributed by atoms with van der Waals surface area (Å²) in [4.78, 5) is 15.3. The van der Waals surface area contributed by atoms with E-state index in [1.807, 2.05) is 41.0 Å². The van der Waals surface area contributed by atoms with Crippen LogP contribution in [0.15, 0.2) is 48.5 Å². The van der Waals surface area contributed by atoms with E-state index < -0.39 is 0 Å². The van der Waals surface area contributed by atoms with Crippen LogP contribution in [-0.4, -0.2) is 48.2 Å². The number of benzene rings is 2. The van der Waals surface area contributed by atoms with Gasteiger partial charge in [-0.1, -0.05) is 36.4 Å². The summed E-state index contributed by atoms with van der Waals surface area (Å²) in [5.74, 6) is 0.194. The molecule has 1 aliphatic heterocycles. The highest BCUT2D eigenvalue weighted by Gasteiger charge is 2.15. The fourth-order valence-electron chi connectivity index (χ4n) is 3.74. The van der Waals surface area contributed by atoms with E-state index in [2.05, 4.69) is 17.0 Å². The van der Waals surface area contributed by atoms with Gasteiger partial charge in [-0.25, -0.2) is 0 Å². The van der Waals surface area contributed by atoms with E-state index in [9.17, 15) is 4.79 Å². The van der Waals surface area contributed by atoms with Crippen LogP contribution in [0.3, 0.4) is 0 Å². The molecule has 3 aromatic rings. The van der Waals surface area contributed by atoms with E-state index in [0.29, 0.717) is 6.42 Å². The summed E-state index contributed by atoms with van der Waals surface area (Å²) in [5.41, 5.74) is 2.03. The predicted molar refractivity (Wildman–Crippen MR) is 108 cm³/mol. The zero-order valence-electron chi connectivity index (χ0n) is 14.9. The number of aromatic nitrogens is 1. The minimum Gasteiger partial charge on any atom is -0.379 e. The van der Waals surface area contributed by atoms with Gasteiger partial charge in [-0.2, -0.15) is 0 Å². The monoisotopic (exact) mass is 372 g/mol. The normalized spacial score (nSPS) is 15.2. The summed E-state index contributed by atoms with van der Waals surface area (Å²) >= 11 is 0. The fourth-order valence-corrected chi connectivity index (χ4v) is 3.74. The number of hydrogen-bond acceptors (Lipinski definition) is 3. The Morgan fingerprint density at radius 1 is 0.885 bits per heavy atom. The van der Waals surface area contributed by atoms with Crippen LogP contribution in [0.4, 0.5) is 0 Å². The maximum absolute atomic E-state index is 12.9. The Morgan fingerprint density at radius 2 is 1.46 bits per heavy atom. The first-order valence-electron chi connectivity index (χ1n) is 9.16. The molecule has 0 unspecified atom stereocenters. The summed E-state index contributed by atoms with van der Waals surface area (Å²) in [6, 6.07) is 16.4. The van der Waals surface area contributed by atoms with Crippen LogP contribution in [0.5, 0.6) is 0 Å². The van der Waals surface area contributed by atoms with E-state index in [1.54, 1.807) is 0 Å². The van der Waals surface area contributed by atoms with Crippen molar-refractivity contribution in [3.8, 4) is 0 Å². The van der Waals surface area contributed by atoms with Crippen LogP contribution in [0, 0.1) is 0 Å². The summed E-state index contributed by atoms with van der Waals surface area (Å²) in [5, 5.41) is 2.31. The lowest BCUT2D eigenvalue weighted by Crippen LogP contribution is -2.36. The van der Waals surface area contributed by atoms with Gasteiger partial charge in [0.05, 0.1) is 24.2 Å². The lowest BCUT2D eigenvalue weighted by atomic mass is 10.2. The Bertz CT molecular complexity index is 831. The summed E-state index contributed by atoms with van der Waals surface area (Å²) < 4.78 is 7.28. The average Bonchev–Trinajstić information content (AvgIpc) is 3.01. The van der Waals surface area contributed by atoms with Crippen LogP contribution < -0.4 is 0 Å². The van der Waals surface area contributed by atoms with Gasteiger partial charge in [0.15, 0.2) is 0 Å². The van der Waals surface area contributed by atoms with Gasteiger partial charge in [-0.15, -0.1) is 12.4 Å². The van der Waals surface area contributed by atoms with Crippen molar-refractivity contribution in [1.82, 2.24) is 9.47 Å². The second-order valence-electron chi connectivity index (χ2n) is 6.67. The lowest BCUT2D eigenvalue weighted by molar-refractivity contribution is 0.0370. The number of unbranched alkanes of at least 4 members (excludes halogenated alkanes) is 1. The fraction of sp³-hybridized carbons (Fsp3) is 0.381. The van der Waals surface area contributed by atoms with Crippen molar-refractivity contribution >= 4 is 40.1 Å². The lowest BCUT2D eigenvalue weighted by Gasteiger charge is -2.26. The van der Waals surface area contributed by atoms with Crippen molar-refractivity contribution in [2.75, 3.05) is 32.8 Å². The Labute approximate surface area is 160 Å². The molecule has 0 saturated carbocycles. The minimum absolute atomic E-state index is 0. The van der Waals surface area contributed by atoms with Crippen LogP contribution in [0.1, 0.15) is 24.1 Å². The molecule has 138 valence electrons. The molecule has 0 spiro atoms. The third-order valence-electron chi connectivity index (χ3n) is 5.05. The summed E-state index contributed by atoms with van der Waals surface area (Å²) in [6.07, 6.45) is 2.58. The Hall–Kier alpha value is -1.88. The zero-order chi connectivity index (χ0) is 17.1. The van der Waals surface area contributed by atoms with Crippen molar-refractivity contribution in [3.05, 3.63) is 48.5 Å². The molecule has 0 radical (unpaired) electrons. The van der Waals surface area contributed by atoms with E-state index in [-0.39, 0.29) is 18.3 Å². The van der Waals surface area contributed by atoms with E-state index >= 15 is 0 Å². The second kappa shape index (κ2) is 8.67. The highest BCUT2D eigenvalue weighted by Crippen LogP contribution is 2.29. The first kappa shape index (κ1) is 18.9. The molecule has 1 fully saturated rings. The average molecular weight is 373 g/mol. The Morgan fingerprint density at radius 3 is 2.08 bits per heavy atom. The van der Waals surface area contributed by atoms with Gasteiger partial charge < -0.3 is 4.74 Å². The molecule has 4 nitrogen and oxygen atoms in total. The van der Waals surface area contributed by atoms with E-state index in [1.165, 1.54) is 0 Å². The molecule has 0 amide bonds. The third kappa shape index (κ3) is 3.78. The molecule has 26 heavy (non-hydrogen) atoms. The van der Waals surface area contributed by atoms with Gasteiger partial charge >= 0.3 is 0 Å². The standard InChI is InChI=1S/C21H24N2O2.ClH/c24-21(11-5-6-12-22-13-15-25-16-14-22)23-19-9-3-1-7-17(19)18-8-2-4-10-20(18)23;/h1-4,7-10H,5-6,11-16H2;1H. The first-order valence-corrected chi connectivity index (χ1v) is 9.16. The van der Waals surface area contributed by atoms with Crippen molar-refractivity contribution in [1.29, 1.82) is 0 Å². The molecule has 1 aliphatic rings. The van der Waals surface area contributed by atoms with Gasteiger partial charge in [-0.05, 0) is 31.5 Å². The predicted octanol–water partition coefficient (Wildman–Crippen LogP) is 4.36. The van der Waals surface area contributed by atoms with Gasteiger partial charge in [0.2, 0.25) is 5.91 Å². The number of hydrogen-bond donors (Lipinski definition) is 0. The topological polar surface area (TPSA) is 34.5 Å². The number of fused-ring (bicyclic) bond motifs is 3. The maximum Gasteiger partial charge on any atom is 0.231 e. The summed E-state index contributed by atoms with van der Waals surface area (Å²) in [6.45, 7) is 4.76. The number of ether oxygens (including phenoxy) is 1. The number of nitrogens with zero attached hydrogens (tertiary/aromatic N) is 2. The van der Waals surface area contributed by atoms with Crippen LogP contribution in [0.2, 0.25) is 0 Å². The third-order valence-corrected chi connectivity index (χ3v) is 5.05. The minimum atomic E-state index is 0. The zero-order valence-corrected chi connectivity index (χ0v) is 15.7. The maximum atomic E-state index is 12.9. The molecular formula is C21H25ClN2O2. The van der Waals surface area contributed by atoms with Gasteiger partial charge in [-0.3, -0.25) is 14.3 Å². The van der Waals surface area contributed by atoms with Gasteiger partial charge in [0.25, 0.3) is 0 Å². The van der Waals surface area contributed by atoms with Crippen molar-refractivity contribution in [3.63, 3.8) is 0 Å². The largest absolute Gasteiger partial charge is 0.379 e. The number of carbonyl (C=O) groups excluding carboxylic acids is 1. The molecule has 0 aliphatic carbocycles. The number of carbonyl (C=O) groups is 1. The highest BCUT2D eigenvalue weighted by molar-refractivity contribution is 6.13. The van der Waals surface area contributed by atoms with Crippen LogP contribution in [-0.2, 0) is 4.74 Å². The number of rotatable bonds is 5. The van der Waals surface area contributed by atoms with Crippen LogP contribution >= 0.6 is 12.4 Å². The molecule has 4 rings (SSSR count). The molecular weight excluding hydrogens is 348 g/mol. The SMILES string of the molecule is Cl.O=C(CCCCN1CCOCC1)n1c2ccccc2c2ccccc21. The smallest absolute Gasteiger partial charge is 0.231 e. The van der Waals surface area contributed by atoms with Gasteiger partial charge in [0, 0.05) is 30.3 Å².